The third-order valence-electron chi connectivity index (χ3n) is 3.58. The highest BCUT2D eigenvalue weighted by molar-refractivity contribution is 5.85. The molecular formula is C14H20ClF3N2O2. The van der Waals surface area contributed by atoms with Crippen LogP contribution < -0.4 is 14.8 Å². The van der Waals surface area contributed by atoms with E-state index < -0.39 is 6.36 Å². The molecule has 4 nitrogen and oxygen atoms in total. The first-order valence-electron chi connectivity index (χ1n) is 6.79. The van der Waals surface area contributed by atoms with Crippen molar-refractivity contribution in [1.82, 2.24) is 10.2 Å². The van der Waals surface area contributed by atoms with Gasteiger partial charge >= 0.3 is 6.36 Å². The molecule has 2 rings (SSSR count). The molecule has 0 unspecified atom stereocenters. The molecule has 126 valence electrons. The lowest BCUT2D eigenvalue weighted by molar-refractivity contribution is -0.274. The number of methoxy groups -OCH3 is 1. The molecule has 0 bridgehead atoms. The minimum atomic E-state index is -4.69. The van der Waals surface area contributed by atoms with Crippen LogP contribution in [0.25, 0.3) is 0 Å². The second-order valence-corrected chi connectivity index (χ2v) is 4.91. The van der Waals surface area contributed by atoms with Crippen molar-refractivity contribution in [2.45, 2.75) is 19.3 Å². The zero-order valence-electron chi connectivity index (χ0n) is 12.4. The van der Waals surface area contributed by atoms with E-state index in [9.17, 15) is 13.2 Å². The molecule has 0 aliphatic carbocycles. The van der Waals surface area contributed by atoms with Crippen LogP contribution in [0.5, 0.6) is 11.5 Å². The molecule has 1 aliphatic rings. The van der Waals surface area contributed by atoms with Crippen molar-refractivity contribution in [2.75, 3.05) is 33.3 Å². The van der Waals surface area contributed by atoms with Crippen LogP contribution in [0.2, 0.25) is 0 Å². The maximum Gasteiger partial charge on any atom is 0.573 e. The summed E-state index contributed by atoms with van der Waals surface area (Å²) in [5.41, 5.74) is 0.696. The Labute approximate surface area is 134 Å². The standard InChI is InChI=1S/C14H19F3N2O2.ClH/c1-10(19-7-5-18-6-8-19)12-9-11(21-14(15,16)17)3-4-13(12)20-2;/h3-4,9-10,18H,5-8H2,1-2H3;1H/t10-;/m1./s1. The summed E-state index contributed by atoms with van der Waals surface area (Å²) in [7, 11) is 1.51. The second-order valence-electron chi connectivity index (χ2n) is 4.91. The van der Waals surface area contributed by atoms with E-state index in [-0.39, 0.29) is 24.2 Å². The van der Waals surface area contributed by atoms with Crippen LogP contribution in [0.15, 0.2) is 18.2 Å². The molecule has 0 radical (unpaired) electrons. The minimum absolute atomic E-state index is 0. The van der Waals surface area contributed by atoms with Crippen molar-refractivity contribution < 1.29 is 22.6 Å². The zero-order chi connectivity index (χ0) is 15.5. The first-order valence-corrected chi connectivity index (χ1v) is 6.79. The molecule has 1 N–H and O–H groups in total. The van der Waals surface area contributed by atoms with E-state index in [0.29, 0.717) is 11.3 Å². The Hall–Kier alpha value is -1.18. The van der Waals surface area contributed by atoms with Crippen molar-refractivity contribution in [3.63, 3.8) is 0 Å². The average Bonchev–Trinajstić information content (AvgIpc) is 2.45. The summed E-state index contributed by atoms with van der Waals surface area (Å²) < 4.78 is 46.3. The number of rotatable bonds is 4. The number of benzene rings is 1. The van der Waals surface area contributed by atoms with Gasteiger partial charge in [-0.1, -0.05) is 0 Å². The number of hydrogen-bond acceptors (Lipinski definition) is 4. The van der Waals surface area contributed by atoms with Gasteiger partial charge in [-0.05, 0) is 25.1 Å². The number of halogens is 4. The molecule has 0 spiro atoms. The van der Waals surface area contributed by atoms with Crippen LogP contribution >= 0.6 is 12.4 Å². The first-order chi connectivity index (χ1) is 9.90. The third-order valence-corrected chi connectivity index (χ3v) is 3.58. The van der Waals surface area contributed by atoms with Crippen molar-refractivity contribution >= 4 is 12.4 Å². The van der Waals surface area contributed by atoms with Crippen molar-refractivity contribution in [1.29, 1.82) is 0 Å². The van der Waals surface area contributed by atoms with E-state index in [0.717, 1.165) is 26.2 Å². The van der Waals surface area contributed by atoms with Crippen LogP contribution in [0.1, 0.15) is 18.5 Å². The molecule has 1 heterocycles. The van der Waals surface area contributed by atoms with Crippen LogP contribution in [-0.4, -0.2) is 44.6 Å². The predicted molar refractivity (Wildman–Crippen MR) is 79.8 cm³/mol. The fraction of sp³-hybridized carbons (Fsp3) is 0.571. The lowest BCUT2D eigenvalue weighted by Gasteiger charge is -2.33. The van der Waals surface area contributed by atoms with Crippen molar-refractivity contribution in [3.05, 3.63) is 23.8 Å². The van der Waals surface area contributed by atoms with Gasteiger partial charge in [0, 0.05) is 37.8 Å². The number of nitrogens with one attached hydrogen (secondary N) is 1. The van der Waals surface area contributed by atoms with E-state index in [4.69, 9.17) is 4.74 Å². The van der Waals surface area contributed by atoms with Gasteiger partial charge in [0.05, 0.1) is 7.11 Å². The molecule has 8 heteroatoms. The molecule has 1 aromatic carbocycles. The summed E-state index contributed by atoms with van der Waals surface area (Å²) in [5, 5.41) is 3.25. The summed E-state index contributed by atoms with van der Waals surface area (Å²) in [4.78, 5) is 2.20. The summed E-state index contributed by atoms with van der Waals surface area (Å²) >= 11 is 0. The highest BCUT2D eigenvalue weighted by Crippen LogP contribution is 2.34. The van der Waals surface area contributed by atoms with Crippen LogP contribution in [0, 0.1) is 0 Å². The van der Waals surface area contributed by atoms with Gasteiger partial charge < -0.3 is 14.8 Å². The topological polar surface area (TPSA) is 33.7 Å². The second kappa shape index (κ2) is 7.89. The lowest BCUT2D eigenvalue weighted by atomic mass is 10.0. The van der Waals surface area contributed by atoms with E-state index in [1.54, 1.807) is 0 Å². The fourth-order valence-electron chi connectivity index (χ4n) is 2.50. The first kappa shape index (κ1) is 18.9. The van der Waals surface area contributed by atoms with Crippen LogP contribution in [-0.2, 0) is 0 Å². The Bertz CT molecular complexity index is 480. The lowest BCUT2D eigenvalue weighted by Crippen LogP contribution is -2.44. The number of ether oxygens (including phenoxy) is 2. The van der Waals surface area contributed by atoms with Crippen LogP contribution in [0.4, 0.5) is 13.2 Å². The van der Waals surface area contributed by atoms with Crippen LogP contribution in [0.3, 0.4) is 0 Å². The largest absolute Gasteiger partial charge is 0.573 e. The smallest absolute Gasteiger partial charge is 0.496 e. The number of piperazine rings is 1. The van der Waals surface area contributed by atoms with E-state index in [1.165, 1.54) is 25.3 Å². The van der Waals surface area contributed by atoms with Gasteiger partial charge in [0.15, 0.2) is 0 Å². The van der Waals surface area contributed by atoms with Gasteiger partial charge in [-0.2, -0.15) is 0 Å². The highest BCUT2D eigenvalue weighted by Gasteiger charge is 2.32. The van der Waals surface area contributed by atoms with E-state index >= 15 is 0 Å². The Kier molecular flexibility index (Phi) is 6.77. The SMILES string of the molecule is COc1ccc(OC(F)(F)F)cc1[C@@H](C)N1CCNCC1.Cl. The summed E-state index contributed by atoms with van der Waals surface area (Å²) in [6.45, 7) is 5.38. The molecule has 0 saturated carbocycles. The zero-order valence-corrected chi connectivity index (χ0v) is 13.3. The maximum atomic E-state index is 12.3. The molecule has 0 aromatic heterocycles. The monoisotopic (exact) mass is 340 g/mol. The van der Waals surface area contributed by atoms with Gasteiger partial charge in [0.25, 0.3) is 0 Å². The summed E-state index contributed by atoms with van der Waals surface area (Å²) in [6.07, 6.45) is -4.69. The number of nitrogens with zero attached hydrogens (tertiary/aromatic N) is 1. The quantitative estimate of drug-likeness (QED) is 0.913. The van der Waals surface area contributed by atoms with Gasteiger partial charge in [0.1, 0.15) is 11.5 Å². The predicted octanol–water partition coefficient (Wildman–Crippen LogP) is 2.98. The molecule has 0 amide bonds. The van der Waals surface area contributed by atoms with Gasteiger partial charge in [0.2, 0.25) is 0 Å². The Morgan fingerprint density at radius 2 is 1.86 bits per heavy atom. The molecule has 22 heavy (non-hydrogen) atoms. The van der Waals surface area contributed by atoms with E-state index in [2.05, 4.69) is 15.0 Å². The van der Waals surface area contributed by atoms with Gasteiger partial charge in [-0.15, -0.1) is 25.6 Å². The Balaban J connectivity index is 0.00000242. The Morgan fingerprint density at radius 1 is 1.23 bits per heavy atom. The van der Waals surface area contributed by atoms with Gasteiger partial charge in [-0.3, -0.25) is 4.90 Å². The van der Waals surface area contributed by atoms with E-state index in [1.807, 2.05) is 6.92 Å². The van der Waals surface area contributed by atoms with Crippen molar-refractivity contribution in [2.24, 2.45) is 0 Å². The molecular weight excluding hydrogens is 321 g/mol. The average molecular weight is 341 g/mol. The third kappa shape index (κ3) is 4.93. The molecule has 1 fully saturated rings. The minimum Gasteiger partial charge on any atom is -0.496 e. The Morgan fingerprint density at radius 3 is 2.41 bits per heavy atom. The number of alkyl halides is 3. The van der Waals surface area contributed by atoms with Crippen molar-refractivity contribution in [3.8, 4) is 11.5 Å². The molecule has 1 aliphatic heterocycles. The summed E-state index contributed by atoms with van der Waals surface area (Å²) in [6, 6.07) is 4.13. The summed E-state index contributed by atoms with van der Waals surface area (Å²) in [5.74, 6) is 0.343. The molecule has 1 atom stereocenters. The molecule has 1 aromatic rings. The number of hydrogen-bond donors (Lipinski definition) is 1. The fourth-order valence-corrected chi connectivity index (χ4v) is 2.50. The van der Waals surface area contributed by atoms with Gasteiger partial charge in [-0.25, -0.2) is 0 Å². The molecule has 1 saturated heterocycles. The highest BCUT2D eigenvalue weighted by atomic mass is 35.5. The maximum absolute atomic E-state index is 12.3. The normalized spacial score (nSPS) is 17.5.